The number of nitro groups is 1. The van der Waals surface area contributed by atoms with E-state index in [9.17, 15) is 10.1 Å². The number of para-hydroxylation sites is 2. The zero-order valence-corrected chi connectivity index (χ0v) is 11.8. The molecular formula is C15H15N5O2. The van der Waals surface area contributed by atoms with Crippen LogP contribution in [0.5, 0.6) is 0 Å². The van der Waals surface area contributed by atoms with Gasteiger partial charge in [0.2, 0.25) is 0 Å². The number of hydrogen-bond acceptors (Lipinski definition) is 5. The van der Waals surface area contributed by atoms with E-state index in [4.69, 9.17) is 0 Å². The van der Waals surface area contributed by atoms with Crippen molar-refractivity contribution in [2.24, 2.45) is 0 Å². The largest absolute Gasteiger partial charge is 0.370 e. The van der Waals surface area contributed by atoms with E-state index in [1.807, 2.05) is 30.6 Å². The van der Waals surface area contributed by atoms with Crippen molar-refractivity contribution in [3.8, 4) is 0 Å². The summed E-state index contributed by atoms with van der Waals surface area (Å²) in [5.41, 5.74) is 2.11. The summed E-state index contributed by atoms with van der Waals surface area (Å²) in [7, 11) is 0. The Kier molecular flexibility index (Phi) is 3.95. The standard InChI is InChI=1S/C15H15N5O2/c21-20(22)12-6-7-15(17-10-12)16-8-3-9-19-11-18-13-4-1-2-5-14(13)19/h1-2,4-7,10-11H,3,8-9H2,(H,16,17). The molecule has 3 aromatic rings. The molecule has 0 bridgehead atoms. The maximum absolute atomic E-state index is 10.5. The lowest BCUT2D eigenvalue weighted by molar-refractivity contribution is -0.385. The topological polar surface area (TPSA) is 85.9 Å². The van der Waals surface area contributed by atoms with Crippen molar-refractivity contribution in [3.63, 3.8) is 0 Å². The van der Waals surface area contributed by atoms with Crippen LogP contribution in [0.25, 0.3) is 11.0 Å². The zero-order chi connectivity index (χ0) is 15.4. The summed E-state index contributed by atoms with van der Waals surface area (Å²) in [6.07, 6.45) is 4.00. The molecular weight excluding hydrogens is 282 g/mol. The second kappa shape index (κ2) is 6.21. The minimum absolute atomic E-state index is 0.00423. The molecule has 7 heteroatoms. The third-order valence-corrected chi connectivity index (χ3v) is 3.37. The van der Waals surface area contributed by atoms with Crippen molar-refractivity contribution in [3.05, 3.63) is 59.0 Å². The second-order valence-electron chi connectivity index (χ2n) is 4.87. The Labute approximate surface area is 126 Å². The molecule has 3 rings (SSSR count). The molecule has 0 saturated heterocycles. The van der Waals surface area contributed by atoms with Crippen LogP contribution in [0.3, 0.4) is 0 Å². The van der Waals surface area contributed by atoms with E-state index in [0.29, 0.717) is 5.82 Å². The first kappa shape index (κ1) is 14.0. The molecule has 0 aliphatic heterocycles. The average molecular weight is 297 g/mol. The van der Waals surface area contributed by atoms with Crippen LogP contribution in [0.4, 0.5) is 11.5 Å². The van der Waals surface area contributed by atoms with Gasteiger partial charge in [-0.05, 0) is 24.6 Å². The number of rotatable bonds is 6. The molecule has 22 heavy (non-hydrogen) atoms. The maximum atomic E-state index is 10.5. The molecule has 2 aromatic heterocycles. The molecule has 0 spiro atoms. The number of hydrogen-bond donors (Lipinski definition) is 1. The van der Waals surface area contributed by atoms with Crippen LogP contribution in [-0.4, -0.2) is 26.0 Å². The molecule has 0 aliphatic rings. The first-order valence-corrected chi connectivity index (χ1v) is 6.98. The highest BCUT2D eigenvalue weighted by Gasteiger charge is 2.05. The Morgan fingerprint density at radius 1 is 1.18 bits per heavy atom. The molecule has 1 N–H and O–H groups in total. The molecule has 112 valence electrons. The normalized spacial score (nSPS) is 10.7. The van der Waals surface area contributed by atoms with Crippen LogP contribution in [0.1, 0.15) is 6.42 Å². The minimum atomic E-state index is -0.457. The van der Waals surface area contributed by atoms with Crippen LogP contribution in [0.2, 0.25) is 0 Å². The quantitative estimate of drug-likeness (QED) is 0.429. The number of nitrogens with zero attached hydrogens (tertiary/aromatic N) is 4. The smallest absolute Gasteiger partial charge is 0.287 e. The van der Waals surface area contributed by atoms with E-state index in [2.05, 4.69) is 19.9 Å². The molecule has 0 unspecified atom stereocenters. The van der Waals surface area contributed by atoms with Crippen LogP contribution in [0.15, 0.2) is 48.9 Å². The summed E-state index contributed by atoms with van der Waals surface area (Å²) >= 11 is 0. The summed E-state index contributed by atoms with van der Waals surface area (Å²) < 4.78 is 2.11. The summed E-state index contributed by atoms with van der Waals surface area (Å²) in [6.45, 7) is 1.58. The van der Waals surface area contributed by atoms with Gasteiger partial charge in [0.25, 0.3) is 5.69 Å². The number of benzene rings is 1. The van der Waals surface area contributed by atoms with E-state index in [-0.39, 0.29) is 5.69 Å². The van der Waals surface area contributed by atoms with E-state index < -0.39 is 4.92 Å². The fourth-order valence-corrected chi connectivity index (χ4v) is 2.25. The van der Waals surface area contributed by atoms with E-state index >= 15 is 0 Å². The van der Waals surface area contributed by atoms with Gasteiger partial charge in [-0.25, -0.2) is 9.97 Å². The molecule has 0 saturated carbocycles. The molecule has 0 radical (unpaired) electrons. The monoisotopic (exact) mass is 297 g/mol. The third-order valence-electron chi connectivity index (χ3n) is 3.37. The Bertz CT molecular complexity index is 782. The van der Waals surface area contributed by atoms with Crippen LogP contribution in [-0.2, 0) is 6.54 Å². The highest BCUT2D eigenvalue weighted by Crippen LogP contribution is 2.13. The maximum Gasteiger partial charge on any atom is 0.287 e. The van der Waals surface area contributed by atoms with Gasteiger partial charge >= 0.3 is 0 Å². The molecule has 0 fully saturated rings. The van der Waals surface area contributed by atoms with Gasteiger partial charge < -0.3 is 9.88 Å². The van der Waals surface area contributed by atoms with Crippen molar-refractivity contribution in [1.82, 2.24) is 14.5 Å². The number of imidazole rings is 1. The first-order valence-electron chi connectivity index (χ1n) is 6.98. The Morgan fingerprint density at radius 2 is 2.05 bits per heavy atom. The highest BCUT2D eigenvalue weighted by molar-refractivity contribution is 5.74. The van der Waals surface area contributed by atoms with Crippen molar-refractivity contribution >= 4 is 22.5 Å². The fourth-order valence-electron chi connectivity index (χ4n) is 2.25. The van der Waals surface area contributed by atoms with Gasteiger partial charge in [-0.15, -0.1) is 0 Å². The van der Waals surface area contributed by atoms with Crippen molar-refractivity contribution in [1.29, 1.82) is 0 Å². The highest BCUT2D eigenvalue weighted by atomic mass is 16.6. The first-order chi connectivity index (χ1) is 10.7. The van der Waals surface area contributed by atoms with E-state index in [0.717, 1.165) is 30.5 Å². The Morgan fingerprint density at radius 3 is 2.82 bits per heavy atom. The number of pyridine rings is 1. The van der Waals surface area contributed by atoms with Crippen LogP contribution >= 0.6 is 0 Å². The molecule has 0 amide bonds. The van der Waals surface area contributed by atoms with E-state index in [1.54, 1.807) is 6.07 Å². The lowest BCUT2D eigenvalue weighted by Gasteiger charge is -2.06. The third kappa shape index (κ3) is 3.03. The van der Waals surface area contributed by atoms with Gasteiger partial charge in [-0.3, -0.25) is 10.1 Å². The molecule has 0 atom stereocenters. The van der Waals surface area contributed by atoms with E-state index in [1.165, 1.54) is 12.3 Å². The van der Waals surface area contributed by atoms with Crippen molar-refractivity contribution in [2.75, 3.05) is 11.9 Å². The van der Waals surface area contributed by atoms with Crippen molar-refractivity contribution < 1.29 is 4.92 Å². The Balaban J connectivity index is 1.52. The van der Waals surface area contributed by atoms with Gasteiger partial charge in [0.05, 0.1) is 22.3 Å². The van der Waals surface area contributed by atoms with Gasteiger partial charge in [0.15, 0.2) is 0 Å². The minimum Gasteiger partial charge on any atom is -0.370 e. The predicted octanol–water partition coefficient (Wildman–Crippen LogP) is 2.84. The number of fused-ring (bicyclic) bond motifs is 1. The van der Waals surface area contributed by atoms with Crippen LogP contribution < -0.4 is 5.32 Å². The molecule has 2 heterocycles. The number of aryl methyl sites for hydroxylation is 1. The molecule has 1 aromatic carbocycles. The van der Waals surface area contributed by atoms with Gasteiger partial charge in [0.1, 0.15) is 12.0 Å². The lowest BCUT2D eigenvalue weighted by Crippen LogP contribution is -2.07. The fraction of sp³-hybridized carbons (Fsp3) is 0.200. The second-order valence-corrected chi connectivity index (χ2v) is 4.87. The summed E-state index contributed by atoms with van der Waals surface area (Å²) in [4.78, 5) is 18.5. The summed E-state index contributed by atoms with van der Waals surface area (Å²) in [5.74, 6) is 0.640. The van der Waals surface area contributed by atoms with Gasteiger partial charge in [-0.2, -0.15) is 0 Å². The summed E-state index contributed by atoms with van der Waals surface area (Å²) in [6, 6.07) is 11.1. The SMILES string of the molecule is O=[N+]([O-])c1ccc(NCCCn2cnc3ccccc32)nc1. The lowest BCUT2D eigenvalue weighted by atomic mass is 10.3. The van der Waals surface area contributed by atoms with Gasteiger partial charge in [0, 0.05) is 19.2 Å². The summed E-state index contributed by atoms with van der Waals surface area (Å²) in [5, 5.41) is 13.7. The van der Waals surface area contributed by atoms with Crippen molar-refractivity contribution in [2.45, 2.75) is 13.0 Å². The average Bonchev–Trinajstić information content (AvgIpc) is 2.95. The van der Waals surface area contributed by atoms with Crippen LogP contribution in [0, 0.1) is 10.1 Å². The zero-order valence-electron chi connectivity index (χ0n) is 11.8. The number of aromatic nitrogens is 3. The Hall–Kier alpha value is -2.96. The number of anilines is 1. The predicted molar refractivity (Wildman–Crippen MR) is 83.7 cm³/mol. The molecule has 0 aliphatic carbocycles. The molecule has 7 nitrogen and oxygen atoms in total. The number of nitrogens with one attached hydrogen (secondary N) is 1. The van der Waals surface area contributed by atoms with Gasteiger partial charge in [-0.1, -0.05) is 12.1 Å².